The van der Waals surface area contributed by atoms with E-state index < -0.39 is 0 Å². The summed E-state index contributed by atoms with van der Waals surface area (Å²) >= 11 is 1.80. The van der Waals surface area contributed by atoms with Crippen LogP contribution >= 0.6 is 11.8 Å². The van der Waals surface area contributed by atoms with Gasteiger partial charge in [0.2, 0.25) is 0 Å². The zero-order chi connectivity index (χ0) is 17.2. The van der Waals surface area contributed by atoms with E-state index in [0.717, 1.165) is 45.2 Å². The van der Waals surface area contributed by atoms with Crippen molar-refractivity contribution >= 4 is 23.2 Å². The molecule has 0 fully saturated rings. The third kappa shape index (κ3) is 3.28. The number of hydrogen-bond acceptors (Lipinski definition) is 4. The molecule has 0 bridgehead atoms. The Balaban J connectivity index is 1.82. The topological polar surface area (TPSA) is 45.7 Å². The van der Waals surface area contributed by atoms with Crippen molar-refractivity contribution in [1.29, 1.82) is 0 Å². The predicted molar refractivity (Wildman–Crippen MR) is 102 cm³/mol. The Bertz CT molecular complexity index is 915. The van der Waals surface area contributed by atoms with Crippen LogP contribution in [0.5, 0.6) is 0 Å². The average Bonchev–Trinajstić information content (AvgIpc) is 3.09. The molecule has 0 spiro atoms. The minimum absolute atomic E-state index is 0.0446. The maximum Gasteiger partial charge on any atom is 0.148 e. The summed E-state index contributed by atoms with van der Waals surface area (Å²) in [6.07, 6.45) is 2.44. The van der Waals surface area contributed by atoms with Crippen LogP contribution in [0, 0.1) is 6.92 Å². The van der Waals surface area contributed by atoms with Gasteiger partial charge in [-0.05, 0) is 42.3 Å². The van der Waals surface area contributed by atoms with Crippen molar-refractivity contribution < 1.29 is 9.52 Å². The Labute approximate surface area is 151 Å². The van der Waals surface area contributed by atoms with Crippen LogP contribution < -0.4 is 0 Å². The number of aliphatic hydroxyl groups excluding tert-OH is 1. The van der Waals surface area contributed by atoms with Crippen molar-refractivity contribution in [3.05, 3.63) is 83.3 Å². The van der Waals surface area contributed by atoms with Gasteiger partial charge in [0.1, 0.15) is 5.76 Å². The van der Waals surface area contributed by atoms with Gasteiger partial charge >= 0.3 is 0 Å². The maximum absolute atomic E-state index is 9.83. The van der Waals surface area contributed by atoms with Gasteiger partial charge in [0.05, 0.1) is 24.3 Å². The number of nitrogens with zero attached hydrogens (tertiary/aromatic N) is 1. The van der Waals surface area contributed by atoms with Gasteiger partial charge in [-0.1, -0.05) is 35.9 Å². The SMILES string of the molecule is Cc1ccc(C2CC(c3ccco3)=Nc3ccccc3S2)c(CO)c1. The van der Waals surface area contributed by atoms with E-state index in [1.165, 1.54) is 0 Å². The minimum Gasteiger partial charge on any atom is -0.463 e. The molecule has 1 aliphatic heterocycles. The van der Waals surface area contributed by atoms with Crippen LogP contribution in [-0.2, 0) is 6.61 Å². The number of aryl methyl sites for hydroxylation is 1. The second-order valence-corrected chi connectivity index (χ2v) is 7.42. The maximum atomic E-state index is 9.83. The van der Waals surface area contributed by atoms with Gasteiger partial charge in [-0.2, -0.15) is 0 Å². The van der Waals surface area contributed by atoms with Crippen LogP contribution in [0.3, 0.4) is 0 Å². The van der Waals surface area contributed by atoms with Crippen molar-refractivity contribution in [2.45, 2.75) is 30.1 Å². The van der Waals surface area contributed by atoms with Gasteiger partial charge in [0.25, 0.3) is 0 Å². The van der Waals surface area contributed by atoms with Gasteiger partial charge in [-0.15, -0.1) is 11.8 Å². The van der Waals surface area contributed by atoms with Crippen molar-refractivity contribution in [1.82, 2.24) is 0 Å². The van der Waals surface area contributed by atoms with E-state index in [2.05, 4.69) is 24.3 Å². The standard InChI is InChI=1S/C21H19NO2S/c1-14-8-9-16(15(11-14)13-23)21-12-18(19-6-4-10-24-19)22-17-5-2-3-7-20(17)25-21/h2-11,21,23H,12-13H2,1H3. The van der Waals surface area contributed by atoms with Crippen molar-refractivity contribution in [3.8, 4) is 0 Å². The summed E-state index contributed by atoms with van der Waals surface area (Å²) in [4.78, 5) is 6.02. The molecule has 0 radical (unpaired) electrons. The molecule has 0 aliphatic carbocycles. The number of benzene rings is 2. The predicted octanol–water partition coefficient (Wildman–Crippen LogP) is 5.44. The van der Waals surface area contributed by atoms with Gasteiger partial charge in [0, 0.05) is 16.6 Å². The average molecular weight is 349 g/mol. The summed E-state index contributed by atoms with van der Waals surface area (Å²) in [5.74, 6) is 0.806. The Morgan fingerprint density at radius 3 is 2.84 bits per heavy atom. The van der Waals surface area contributed by atoms with Crippen molar-refractivity contribution in [2.24, 2.45) is 4.99 Å². The van der Waals surface area contributed by atoms with Gasteiger partial charge < -0.3 is 9.52 Å². The van der Waals surface area contributed by atoms with Crippen LogP contribution in [0.15, 0.2) is 75.2 Å². The molecule has 3 aromatic rings. The lowest BCUT2D eigenvalue weighted by atomic mass is 9.98. The Morgan fingerprint density at radius 2 is 2.04 bits per heavy atom. The van der Waals surface area contributed by atoms with Gasteiger partial charge in [-0.25, -0.2) is 4.99 Å². The van der Waals surface area contributed by atoms with Crippen molar-refractivity contribution in [2.75, 3.05) is 0 Å². The number of thioether (sulfide) groups is 1. The smallest absolute Gasteiger partial charge is 0.148 e. The Kier molecular flexibility index (Phi) is 4.47. The molecule has 0 amide bonds. The number of fused-ring (bicyclic) bond motifs is 1. The lowest BCUT2D eigenvalue weighted by Crippen LogP contribution is -2.07. The fraction of sp³-hybridized carbons (Fsp3) is 0.190. The fourth-order valence-corrected chi connectivity index (χ4v) is 4.46. The summed E-state index contributed by atoms with van der Waals surface area (Å²) < 4.78 is 5.61. The van der Waals surface area contributed by atoms with Crippen molar-refractivity contribution in [3.63, 3.8) is 0 Å². The highest BCUT2D eigenvalue weighted by Crippen LogP contribution is 2.46. The third-order valence-electron chi connectivity index (χ3n) is 4.39. The second kappa shape index (κ2) is 6.90. The van der Waals surface area contributed by atoms with Crippen LogP contribution in [0.2, 0.25) is 0 Å². The number of aliphatic hydroxyl groups is 1. The van der Waals surface area contributed by atoms with Crippen LogP contribution in [0.25, 0.3) is 0 Å². The van der Waals surface area contributed by atoms with E-state index in [0.29, 0.717) is 0 Å². The molecule has 2 heterocycles. The minimum atomic E-state index is 0.0446. The molecular weight excluding hydrogens is 330 g/mol. The van der Waals surface area contributed by atoms with E-state index in [4.69, 9.17) is 9.41 Å². The lowest BCUT2D eigenvalue weighted by Gasteiger charge is -2.19. The number of para-hydroxylation sites is 1. The summed E-state index contributed by atoms with van der Waals surface area (Å²) in [6.45, 7) is 2.09. The van der Waals surface area contributed by atoms with E-state index in [1.807, 2.05) is 37.3 Å². The van der Waals surface area contributed by atoms with E-state index in [9.17, 15) is 5.11 Å². The monoisotopic (exact) mass is 349 g/mol. The normalized spacial score (nSPS) is 16.9. The molecule has 0 saturated heterocycles. The molecule has 25 heavy (non-hydrogen) atoms. The Hall–Kier alpha value is -2.30. The van der Waals surface area contributed by atoms with Gasteiger partial charge in [-0.3, -0.25) is 0 Å². The van der Waals surface area contributed by atoms with E-state index in [1.54, 1.807) is 18.0 Å². The molecular formula is C21H19NO2S. The molecule has 1 N–H and O–H groups in total. The van der Waals surface area contributed by atoms with E-state index >= 15 is 0 Å². The van der Waals surface area contributed by atoms with Crippen LogP contribution in [0.1, 0.15) is 34.1 Å². The summed E-state index contributed by atoms with van der Waals surface area (Å²) in [6, 6.07) is 18.3. The van der Waals surface area contributed by atoms with Crippen LogP contribution in [0.4, 0.5) is 5.69 Å². The first-order valence-corrected chi connectivity index (χ1v) is 9.20. The van der Waals surface area contributed by atoms with Crippen LogP contribution in [-0.4, -0.2) is 10.8 Å². The highest BCUT2D eigenvalue weighted by atomic mass is 32.2. The molecule has 1 aliphatic rings. The lowest BCUT2D eigenvalue weighted by molar-refractivity contribution is 0.280. The fourth-order valence-electron chi connectivity index (χ4n) is 3.17. The molecule has 1 atom stereocenters. The highest BCUT2D eigenvalue weighted by molar-refractivity contribution is 7.99. The quantitative estimate of drug-likeness (QED) is 0.685. The first-order chi connectivity index (χ1) is 12.2. The zero-order valence-electron chi connectivity index (χ0n) is 14.0. The second-order valence-electron chi connectivity index (χ2n) is 6.17. The summed E-state index contributed by atoms with van der Waals surface area (Å²) in [7, 11) is 0. The molecule has 1 unspecified atom stereocenters. The number of rotatable bonds is 3. The Morgan fingerprint density at radius 1 is 1.16 bits per heavy atom. The third-order valence-corrected chi connectivity index (χ3v) is 5.69. The molecule has 1 aromatic heterocycles. The highest BCUT2D eigenvalue weighted by Gasteiger charge is 2.25. The molecule has 3 nitrogen and oxygen atoms in total. The molecule has 126 valence electrons. The number of aliphatic imine (C=N–C) groups is 1. The largest absolute Gasteiger partial charge is 0.463 e. The molecule has 4 rings (SSSR count). The zero-order valence-corrected chi connectivity index (χ0v) is 14.8. The first kappa shape index (κ1) is 16.2. The molecule has 0 saturated carbocycles. The summed E-state index contributed by atoms with van der Waals surface area (Å²) in [5.41, 5.74) is 5.22. The molecule has 2 aromatic carbocycles. The first-order valence-electron chi connectivity index (χ1n) is 8.32. The summed E-state index contributed by atoms with van der Waals surface area (Å²) in [5, 5.41) is 10.0. The van der Waals surface area contributed by atoms with E-state index in [-0.39, 0.29) is 11.9 Å². The van der Waals surface area contributed by atoms with Gasteiger partial charge in [0.15, 0.2) is 0 Å². The molecule has 4 heteroatoms. The number of furan rings is 1. The number of hydrogen-bond donors (Lipinski definition) is 1.